The Labute approximate surface area is 194 Å². The van der Waals surface area contributed by atoms with E-state index in [2.05, 4.69) is 5.32 Å². The minimum absolute atomic E-state index is 0.103. The van der Waals surface area contributed by atoms with Crippen molar-refractivity contribution in [3.63, 3.8) is 0 Å². The number of amides is 1. The van der Waals surface area contributed by atoms with E-state index in [1.54, 1.807) is 12.1 Å². The molecule has 0 radical (unpaired) electrons. The summed E-state index contributed by atoms with van der Waals surface area (Å²) >= 11 is 0. The molecule has 1 N–H and O–H groups in total. The van der Waals surface area contributed by atoms with Gasteiger partial charge in [0.1, 0.15) is 0 Å². The van der Waals surface area contributed by atoms with Crippen molar-refractivity contribution in [3.05, 3.63) is 84.4 Å². The number of anilines is 1. The van der Waals surface area contributed by atoms with E-state index in [0.717, 1.165) is 16.8 Å². The second-order valence-electron chi connectivity index (χ2n) is 8.16. The van der Waals surface area contributed by atoms with Crippen molar-refractivity contribution in [3.8, 4) is 11.1 Å². The fourth-order valence-corrected chi connectivity index (χ4v) is 5.60. The zero-order valence-electron chi connectivity index (χ0n) is 18.4. The van der Waals surface area contributed by atoms with E-state index < -0.39 is 10.0 Å². The summed E-state index contributed by atoms with van der Waals surface area (Å²) in [6, 6.07) is 23.6. The lowest BCUT2D eigenvalue weighted by atomic mass is 9.96. The minimum Gasteiger partial charge on any atom is -0.325 e. The van der Waals surface area contributed by atoms with Crippen molar-refractivity contribution in [2.24, 2.45) is 5.92 Å². The zero-order valence-corrected chi connectivity index (χ0v) is 19.2. The number of piperidine rings is 1. The Bertz CT molecular complexity index is 1260. The molecule has 33 heavy (non-hydrogen) atoms. The number of ketones is 1. The number of carbonyl (C=O) groups excluding carboxylic acids is 2. The normalized spacial score (nSPS) is 15.2. The number of carbonyl (C=O) groups is 2. The van der Waals surface area contributed by atoms with Gasteiger partial charge < -0.3 is 5.32 Å². The Morgan fingerprint density at radius 2 is 1.55 bits per heavy atom. The van der Waals surface area contributed by atoms with Gasteiger partial charge in [-0.1, -0.05) is 60.7 Å². The first kappa shape index (κ1) is 22.9. The molecular formula is C26H26N2O4S. The van der Waals surface area contributed by atoms with Crippen LogP contribution in [0.1, 0.15) is 30.1 Å². The average Bonchev–Trinajstić information content (AvgIpc) is 2.85. The molecular weight excluding hydrogens is 436 g/mol. The molecule has 1 heterocycles. The number of nitrogens with one attached hydrogen (secondary N) is 1. The average molecular weight is 463 g/mol. The molecule has 1 fully saturated rings. The highest BCUT2D eigenvalue weighted by Gasteiger charge is 2.32. The van der Waals surface area contributed by atoms with E-state index in [1.807, 2.05) is 54.6 Å². The topological polar surface area (TPSA) is 83.6 Å². The molecule has 0 saturated carbocycles. The van der Waals surface area contributed by atoms with Crippen molar-refractivity contribution >= 4 is 27.4 Å². The fourth-order valence-electron chi connectivity index (χ4n) is 4.08. The molecule has 7 heteroatoms. The third-order valence-electron chi connectivity index (χ3n) is 5.97. The van der Waals surface area contributed by atoms with Crippen molar-refractivity contribution in [1.82, 2.24) is 4.31 Å². The standard InChI is InChI=1S/C26H26N2O4S/c1-19(29)22-10-7-11-23(18-22)33(31,32)28-16-14-21(15-17-28)26(30)27-25-13-6-5-12-24(25)20-8-3-2-4-9-20/h2-13,18,21H,14-17H2,1H3,(H,27,30). The Morgan fingerprint density at radius 3 is 2.24 bits per heavy atom. The number of sulfonamides is 1. The maximum Gasteiger partial charge on any atom is 0.243 e. The van der Waals surface area contributed by atoms with Gasteiger partial charge in [0.15, 0.2) is 5.78 Å². The molecule has 0 bridgehead atoms. The smallest absolute Gasteiger partial charge is 0.243 e. The number of hydrogen-bond donors (Lipinski definition) is 1. The number of hydrogen-bond acceptors (Lipinski definition) is 4. The highest BCUT2D eigenvalue weighted by Crippen LogP contribution is 2.30. The first-order chi connectivity index (χ1) is 15.9. The molecule has 0 unspecified atom stereocenters. The molecule has 0 aliphatic carbocycles. The van der Waals surface area contributed by atoms with Crippen molar-refractivity contribution in [2.45, 2.75) is 24.7 Å². The van der Waals surface area contributed by atoms with Crippen LogP contribution in [0.3, 0.4) is 0 Å². The summed E-state index contributed by atoms with van der Waals surface area (Å²) in [7, 11) is -3.72. The lowest BCUT2D eigenvalue weighted by Gasteiger charge is -2.30. The Morgan fingerprint density at radius 1 is 0.879 bits per heavy atom. The summed E-state index contributed by atoms with van der Waals surface area (Å²) in [5.41, 5.74) is 3.06. The summed E-state index contributed by atoms with van der Waals surface area (Å²) in [6.07, 6.45) is 0.871. The molecule has 0 aromatic heterocycles. The number of para-hydroxylation sites is 1. The minimum atomic E-state index is -3.72. The van der Waals surface area contributed by atoms with Crippen LogP contribution in [0.4, 0.5) is 5.69 Å². The van der Waals surface area contributed by atoms with Crippen LogP contribution in [0, 0.1) is 5.92 Å². The summed E-state index contributed by atoms with van der Waals surface area (Å²) in [5, 5.41) is 3.04. The molecule has 0 atom stereocenters. The van der Waals surface area contributed by atoms with E-state index in [0.29, 0.717) is 18.4 Å². The van der Waals surface area contributed by atoms with Crippen LogP contribution >= 0.6 is 0 Å². The molecule has 1 aliphatic rings. The van der Waals surface area contributed by atoms with Crippen LogP contribution in [-0.2, 0) is 14.8 Å². The van der Waals surface area contributed by atoms with E-state index in [4.69, 9.17) is 0 Å². The molecule has 1 amide bonds. The molecule has 1 saturated heterocycles. The van der Waals surface area contributed by atoms with Gasteiger partial charge in [0.2, 0.25) is 15.9 Å². The van der Waals surface area contributed by atoms with Gasteiger partial charge in [-0.2, -0.15) is 4.31 Å². The molecule has 3 aromatic carbocycles. The van der Waals surface area contributed by atoms with E-state index in [-0.39, 0.29) is 35.6 Å². The third-order valence-corrected chi connectivity index (χ3v) is 7.87. The highest BCUT2D eigenvalue weighted by molar-refractivity contribution is 7.89. The van der Waals surface area contributed by atoms with Gasteiger partial charge in [0.25, 0.3) is 0 Å². The SMILES string of the molecule is CC(=O)c1cccc(S(=O)(=O)N2CCC(C(=O)Nc3ccccc3-c3ccccc3)CC2)c1. The van der Waals surface area contributed by atoms with Gasteiger partial charge in [0, 0.05) is 35.8 Å². The number of nitrogens with zero attached hydrogens (tertiary/aromatic N) is 1. The fraction of sp³-hybridized carbons (Fsp3) is 0.231. The second-order valence-corrected chi connectivity index (χ2v) is 10.1. The van der Waals surface area contributed by atoms with Crippen LogP contribution < -0.4 is 5.32 Å². The van der Waals surface area contributed by atoms with Crippen LogP contribution in [-0.4, -0.2) is 37.5 Å². The zero-order chi connectivity index (χ0) is 23.4. The van der Waals surface area contributed by atoms with Crippen LogP contribution in [0.15, 0.2) is 83.8 Å². The summed E-state index contributed by atoms with van der Waals surface area (Å²) in [6.45, 7) is 1.92. The number of rotatable bonds is 6. The maximum atomic E-state index is 13.0. The molecule has 3 aromatic rings. The van der Waals surface area contributed by atoms with Crippen molar-refractivity contribution in [2.75, 3.05) is 18.4 Å². The van der Waals surface area contributed by atoms with E-state index in [1.165, 1.54) is 23.4 Å². The quantitative estimate of drug-likeness (QED) is 0.543. The summed E-state index contributed by atoms with van der Waals surface area (Å²) < 4.78 is 27.5. The van der Waals surface area contributed by atoms with Crippen LogP contribution in [0.2, 0.25) is 0 Å². The lowest BCUT2D eigenvalue weighted by molar-refractivity contribution is -0.120. The van der Waals surface area contributed by atoms with Gasteiger partial charge in [-0.3, -0.25) is 9.59 Å². The Hall–Kier alpha value is -3.29. The summed E-state index contributed by atoms with van der Waals surface area (Å²) in [4.78, 5) is 24.7. The largest absolute Gasteiger partial charge is 0.325 e. The predicted octanol–water partition coefficient (Wildman–Crippen LogP) is 4.60. The molecule has 0 spiro atoms. The lowest BCUT2D eigenvalue weighted by Crippen LogP contribution is -2.41. The first-order valence-corrected chi connectivity index (χ1v) is 12.4. The Kier molecular flexibility index (Phi) is 6.72. The molecule has 1 aliphatic heterocycles. The van der Waals surface area contributed by atoms with Gasteiger partial charge in [0.05, 0.1) is 4.90 Å². The Balaban J connectivity index is 1.43. The molecule has 170 valence electrons. The van der Waals surface area contributed by atoms with Gasteiger partial charge in [-0.05, 0) is 43.5 Å². The predicted molar refractivity (Wildman–Crippen MR) is 128 cm³/mol. The number of Topliss-reactive ketones (excluding diaryl/α,β-unsaturated/α-hetero) is 1. The molecule has 4 rings (SSSR count). The monoisotopic (exact) mass is 462 g/mol. The van der Waals surface area contributed by atoms with Gasteiger partial charge in [-0.25, -0.2) is 8.42 Å². The first-order valence-electron chi connectivity index (χ1n) is 10.9. The van der Waals surface area contributed by atoms with Crippen molar-refractivity contribution in [1.29, 1.82) is 0 Å². The van der Waals surface area contributed by atoms with Crippen LogP contribution in [0.5, 0.6) is 0 Å². The highest BCUT2D eigenvalue weighted by atomic mass is 32.2. The van der Waals surface area contributed by atoms with Gasteiger partial charge in [-0.15, -0.1) is 0 Å². The molecule has 6 nitrogen and oxygen atoms in total. The van der Waals surface area contributed by atoms with Gasteiger partial charge >= 0.3 is 0 Å². The second kappa shape index (κ2) is 9.68. The van der Waals surface area contributed by atoms with Crippen LogP contribution in [0.25, 0.3) is 11.1 Å². The van der Waals surface area contributed by atoms with E-state index >= 15 is 0 Å². The maximum absolute atomic E-state index is 13.0. The van der Waals surface area contributed by atoms with E-state index in [9.17, 15) is 18.0 Å². The summed E-state index contributed by atoms with van der Waals surface area (Å²) in [5.74, 6) is -0.559. The number of benzene rings is 3. The third kappa shape index (κ3) is 5.05. The van der Waals surface area contributed by atoms with Crippen molar-refractivity contribution < 1.29 is 18.0 Å².